The molecule has 3 rings (SSSR count). The van der Waals surface area contributed by atoms with Crippen LogP contribution in [0.5, 0.6) is 0 Å². The Labute approximate surface area is 110 Å². The molecule has 2 aliphatic carbocycles. The Hall–Kier alpha value is -0.570. The zero-order valence-electron chi connectivity index (χ0n) is 11.4. The van der Waals surface area contributed by atoms with Crippen molar-refractivity contribution in [2.45, 2.75) is 69.9 Å². The Kier molecular flexibility index (Phi) is 3.88. The molecule has 3 fully saturated rings. The van der Waals surface area contributed by atoms with Crippen molar-refractivity contribution in [2.75, 3.05) is 13.1 Å². The number of carbonyl (C=O) groups excluding carboxylic acids is 1. The molecule has 0 spiro atoms. The van der Waals surface area contributed by atoms with Gasteiger partial charge in [0.05, 0.1) is 6.04 Å². The van der Waals surface area contributed by atoms with Crippen molar-refractivity contribution >= 4 is 5.91 Å². The van der Waals surface area contributed by atoms with Crippen LogP contribution in [-0.4, -0.2) is 36.0 Å². The molecule has 18 heavy (non-hydrogen) atoms. The lowest BCUT2D eigenvalue weighted by Crippen LogP contribution is -2.46. The lowest BCUT2D eigenvalue weighted by Gasteiger charge is -2.31. The fourth-order valence-electron chi connectivity index (χ4n) is 3.55. The van der Waals surface area contributed by atoms with Crippen molar-refractivity contribution in [1.29, 1.82) is 0 Å². The van der Waals surface area contributed by atoms with Crippen LogP contribution in [0.2, 0.25) is 0 Å². The Balaban J connectivity index is 1.58. The van der Waals surface area contributed by atoms with Gasteiger partial charge < -0.3 is 10.2 Å². The van der Waals surface area contributed by atoms with E-state index in [-0.39, 0.29) is 6.04 Å². The average Bonchev–Trinajstić information content (AvgIpc) is 3.10. The Morgan fingerprint density at radius 2 is 1.78 bits per heavy atom. The smallest absolute Gasteiger partial charge is 0.239 e. The third kappa shape index (κ3) is 2.87. The highest BCUT2D eigenvalue weighted by Gasteiger charge is 2.37. The van der Waals surface area contributed by atoms with E-state index < -0.39 is 0 Å². The van der Waals surface area contributed by atoms with Gasteiger partial charge in [-0.25, -0.2) is 0 Å². The average molecular weight is 250 g/mol. The third-order valence-electron chi connectivity index (χ3n) is 4.81. The largest absolute Gasteiger partial charge is 0.338 e. The summed E-state index contributed by atoms with van der Waals surface area (Å²) in [6.07, 6.45) is 11.5. The van der Waals surface area contributed by atoms with Gasteiger partial charge in [-0.05, 0) is 51.0 Å². The molecule has 1 atom stereocenters. The monoisotopic (exact) mass is 250 g/mol. The normalized spacial score (nSPS) is 29.4. The van der Waals surface area contributed by atoms with Crippen LogP contribution in [0.4, 0.5) is 0 Å². The van der Waals surface area contributed by atoms with Gasteiger partial charge in [-0.3, -0.25) is 4.79 Å². The van der Waals surface area contributed by atoms with Gasteiger partial charge in [-0.1, -0.05) is 19.3 Å². The lowest BCUT2D eigenvalue weighted by atomic mass is 9.88. The summed E-state index contributed by atoms with van der Waals surface area (Å²) in [6.45, 7) is 2.07. The summed E-state index contributed by atoms with van der Waals surface area (Å²) in [4.78, 5) is 14.8. The zero-order valence-corrected chi connectivity index (χ0v) is 11.4. The minimum absolute atomic E-state index is 0.134. The first kappa shape index (κ1) is 12.5. The molecule has 0 aromatic heterocycles. The predicted molar refractivity (Wildman–Crippen MR) is 72.3 cm³/mol. The molecule has 1 heterocycles. The molecule has 0 unspecified atom stereocenters. The number of hydrogen-bond donors (Lipinski definition) is 1. The predicted octanol–water partition coefficient (Wildman–Crippen LogP) is 2.31. The second kappa shape index (κ2) is 5.60. The van der Waals surface area contributed by atoms with E-state index in [2.05, 4.69) is 10.2 Å². The molecule has 0 aromatic rings. The first-order chi connectivity index (χ1) is 8.84. The lowest BCUT2D eigenvalue weighted by molar-refractivity contribution is -0.134. The van der Waals surface area contributed by atoms with E-state index in [4.69, 9.17) is 0 Å². The van der Waals surface area contributed by atoms with E-state index in [0.29, 0.717) is 11.9 Å². The zero-order chi connectivity index (χ0) is 12.4. The highest BCUT2D eigenvalue weighted by Crippen LogP contribution is 2.32. The maximum absolute atomic E-state index is 12.6. The van der Waals surface area contributed by atoms with Crippen LogP contribution in [0.15, 0.2) is 0 Å². The van der Waals surface area contributed by atoms with E-state index in [1.165, 1.54) is 51.4 Å². The quantitative estimate of drug-likeness (QED) is 0.830. The minimum atomic E-state index is 0.134. The van der Waals surface area contributed by atoms with Crippen LogP contribution in [0, 0.1) is 5.92 Å². The van der Waals surface area contributed by atoms with Crippen LogP contribution in [0.1, 0.15) is 57.8 Å². The molecule has 1 amide bonds. The van der Waals surface area contributed by atoms with Gasteiger partial charge in [0.25, 0.3) is 0 Å². The summed E-state index contributed by atoms with van der Waals surface area (Å²) < 4.78 is 0. The molecule has 0 radical (unpaired) electrons. The molecule has 0 aromatic carbocycles. The highest BCUT2D eigenvalue weighted by molar-refractivity contribution is 5.82. The van der Waals surface area contributed by atoms with Crippen LogP contribution < -0.4 is 5.32 Å². The fraction of sp³-hybridized carbons (Fsp3) is 0.933. The molecule has 2 saturated carbocycles. The van der Waals surface area contributed by atoms with Crippen molar-refractivity contribution in [3.63, 3.8) is 0 Å². The van der Waals surface area contributed by atoms with Crippen molar-refractivity contribution in [3.8, 4) is 0 Å². The van der Waals surface area contributed by atoms with Crippen LogP contribution in [-0.2, 0) is 4.79 Å². The Morgan fingerprint density at radius 1 is 1.00 bits per heavy atom. The van der Waals surface area contributed by atoms with Gasteiger partial charge in [-0.2, -0.15) is 0 Å². The van der Waals surface area contributed by atoms with Crippen molar-refractivity contribution in [3.05, 3.63) is 0 Å². The van der Waals surface area contributed by atoms with Crippen LogP contribution in [0.3, 0.4) is 0 Å². The summed E-state index contributed by atoms with van der Waals surface area (Å²) in [6, 6.07) is 0.719. The molecule has 102 valence electrons. The van der Waals surface area contributed by atoms with Gasteiger partial charge in [0.2, 0.25) is 5.91 Å². The van der Waals surface area contributed by atoms with Gasteiger partial charge in [0, 0.05) is 12.6 Å². The van der Waals surface area contributed by atoms with E-state index >= 15 is 0 Å². The van der Waals surface area contributed by atoms with Crippen LogP contribution >= 0.6 is 0 Å². The maximum atomic E-state index is 12.6. The number of hydrogen-bond acceptors (Lipinski definition) is 2. The second-order valence-electron chi connectivity index (χ2n) is 6.37. The first-order valence-corrected chi connectivity index (χ1v) is 7.88. The van der Waals surface area contributed by atoms with Gasteiger partial charge in [0.1, 0.15) is 0 Å². The second-order valence-corrected chi connectivity index (χ2v) is 6.37. The number of nitrogens with one attached hydrogen (secondary N) is 1. The minimum Gasteiger partial charge on any atom is -0.338 e. The summed E-state index contributed by atoms with van der Waals surface area (Å²) >= 11 is 0. The maximum Gasteiger partial charge on any atom is 0.239 e. The Bertz CT molecular complexity index is 289. The number of rotatable bonds is 4. The molecule has 1 saturated heterocycles. The van der Waals surface area contributed by atoms with Crippen molar-refractivity contribution in [1.82, 2.24) is 10.2 Å². The van der Waals surface area contributed by atoms with Crippen molar-refractivity contribution in [2.24, 2.45) is 5.92 Å². The highest BCUT2D eigenvalue weighted by atomic mass is 16.2. The number of carbonyl (C=O) groups is 1. The van der Waals surface area contributed by atoms with Gasteiger partial charge in [0.15, 0.2) is 0 Å². The third-order valence-corrected chi connectivity index (χ3v) is 4.81. The van der Waals surface area contributed by atoms with E-state index in [0.717, 1.165) is 25.4 Å². The summed E-state index contributed by atoms with van der Waals surface area (Å²) in [5.74, 6) is 1.19. The number of nitrogens with zero attached hydrogens (tertiary/aromatic N) is 1. The number of amides is 1. The SMILES string of the molecule is O=C([C@H]1CCCN1)N(CC1CCCCC1)C1CC1. The van der Waals surface area contributed by atoms with Gasteiger partial charge >= 0.3 is 0 Å². The molecule has 1 aliphatic heterocycles. The molecule has 0 bridgehead atoms. The van der Waals surface area contributed by atoms with Crippen LogP contribution in [0.25, 0.3) is 0 Å². The molecule has 1 N–H and O–H groups in total. The van der Waals surface area contributed by atoms with Gasteiger partial charge in [-0.15, -0.1) is 0 Å². The summed E-state index contributed by atoms with van der Waals surface area (Å²) in [5.41, 5.74) is 0. The van der Waals surface area contributed by atoms with E-state index in [1.54, 1.807) is 0 Å². The van der Waals surface area contributed by atoms with Crippen molar-refractivity contribution < 1.29 is 4.79 Å². The topological polar surface area (TPSA) is 32.3 Å². The molecule has 3 heteroatoms. The standard InChI is InChI=1S/C15H26N2O/c18-15(14-7-4-10-16-14)17(13-8-9-13)11-12-5-2-1-3-6-12/h12-14,16H,1-11H2/t14-/m1/s1. The summed E-state index contributed by atoms with van der Waals surface area (Å²) in [5, 5.41) is 3.37. The molecular weight excluding hydrogens is 224 g/mol. The Morgan fingerprint density at radius 3 is 2.39 bits per heavy atom. The molecule has 3 aliphatic rings. The molecule has 3 nitrogen and oxygen atoms in total. The summed E-state index contributed by atoms with van der Waals surface area (Å²) in [7, 11) is 0. The van der Waals surface area contributed by atoms with E-state index in [9.17, 15) is 4.79 Å². The molecular formula is C15H26N2O. The van der Waals surface area contributed by atoms with E-state index in [1.807, 2.05) is 0 Å². The fourth-order valence-corrected chi connectivity index (χ4v) is 3.55. The first-order valence-electron chi connectivity index (χ1n) is 7.88.